The number of hydrogen-bond acceptors (Lipinski definition) is 6. The highest BCUT2D eigenvalue weighted by Crippen LogP contribution is 2.35. The highest BCUT2D eigenvalue weighted by Gasteiger charge is 2.33. The zero-order chi connectivity index (χ0) is 25.0. The van der Waals surface area contributed by atoms with Crippen molar-refractivity contribution in [1.82, 2.24) is 4.98 Å². The number of aromatic nitrogens is 1. The van der Waals surface area contributed by atoms with Gasteiger partial charge in [0.2, 0.25) is 0 Å². The number of anilines is 2. The lowest BCUT2D eigenvalue weighted by molar-refractivity contribution is 0.0900. The molecule has 1 fully saturated rings. The first kappa shape index (κ1) is 24.7. The van der Waals surface area contributed by atoms with E-state index in [0.717, 1.165) is 0 Å². The van der Waals surface area contributed by atoms with E-state index < -0.39 is 10.0 Å². The molecule has 0 bridgehead atoms. The van der Waals surface area contributed by atoms with Crippen molar-refractivity contribution in [2.45, 2.75) is 24.7 Å². The second kappa shape index (κ2) is 10.4. The number of carbonyl (C=O) groups is 1. The van der Waals surface area contributed by atoms with Crippen molar-refractivity contribution in [1.29, 1.82) is 0 Å². The van der Waals surface area contributed by atoms with E-state index in [-0.39, 0.29) is 29.0 Å². The molecule has 2 aromatic carbocycles. The second-order valence-electron chi connectivity index (χ2n) is 8.30. The zero-order valence-corrected chi connectivity index (χ0v) is 20.5. The normalized spacial score (nSPS) is 14.5. The smallest absolute Gasteiger partial charge is 0.268 e. The number of rotatable bonds is 8. The van der Waals surface area contributed by atoms with Gasteiger partial charge in [0.25, 0.3) is 10.0 Å². The average Bonchev–Trinajstić information content (AvgIpc) is 2.89. The molecule has 1 saturated heterocycles. The minimum absolute atomic E-state index is 0.0214. The van der Waals surface area contributed by atoms with E-state index in [1.54, 1.807) is 49.5 Å². The largest absolute Gasteiger partial charge is 0.495 e. The van der Waals surface area contributed by atoms with Crippen LogP contribution < -0.4 is 13.9 Å². The van der Waals surface area contributed by atoms with Crippen LogP contribution in [0.5, 0.6) is 5.75 Å². The summed E-state index contributed by atoms with van der Waals surface area (Å²) < 4.78 is 47.5. The van der Waals surface area contributed by atoms with E-state index in [9.17, 15) is 17.6 Å². The maximum absolute atomic E-state index is 13.8. The van der Waals surface area contributed by atoms with Crippen molar-refractivity contribution in [3.63, 3.8) is 0 Å². The Morgan fingerprint density at radius 3 is 2.43 bits per heavy atom. The van der Waals surface area contributed by atoms with Gasteiger partial charge in [0.05, 0.1) is 12.8 Å². The molecule has 0 N–H and O–H groups in total. The summed E-state index contributed by atoms with van der Waals surface area (Å²) in [4.78, 5) is 19.3. The Kier molecular flexibility index (Phi) is 7.35. The standard InChI is InChI=1S/C26H28FN3O4S/c1-3-30(22-7-4-5-8-23(22)34-2)35(32,33)24-9-6-16-28-26(24)29-17-14-20(15-18-29)25(31)19-10-12-21(27)13-11-19/h4-13,16,20H,3,14-15,17-18H2,1-2H3. The topological polar surface area (TPSA) is 79.8 Å². The zero-order valence-electron chi connectivity index (χ0n) is 19.7. The SMILES string of the molecule is CCN(c1ccccc1OC)S(=O)(=O)c1cccnc1N1CCC(C(=O)c2ccc(F)cc2)CC1. The summed E-state index contributed by atoms with van der Waals surface area (Å²) >= 11 is 0. The van der Waals surface area contributed by atoms with E-state index in [0.29, 0.717) is 48.7 Å². The molecule has 0 saturated carbocycles. The van der Waals surface area contributed by atoms with Crippen molar-refractivity contribution >= 4 is 27.3 Å². The number of para-hydroxylation sites is 2. The summed E-state index contributed by atoms with van der Waals surface area (Å²) in [6, 6.07) is 15.7. The van der Waals surface area contributed by atoms with Crippen molar-refractivity contribution < 1.29 is 22.3 Å². The van der Waals surface area contributed by atoms with Gasteiger partial charge in [-0.25, -0.2) is 17.8 Å². The van der Waals surface area contributed by atoms with Gasteiger partial charge in [-0.3, -0.25) is 9.10 Å². The Morgan fingerprint density at radius 2 is 1.77 bits per heavy atom. The molecule has 0 radical (unpaired) electrons. The number of benzene rings is 2. The van der Waals surface area contributed by atoms with Gasteiger partial charge < -0.3 is 9.64 Å². The van der Waals surface area contributed by atoms with Crippen LogP contribution in [0.25, 0.3) is 0 Å². The minimum Gasteiger partial charge on any atom is -0.495 e. The number of nitrogens with zero attached hydrogens (tertiary/aromatic N) is 3. The molecule has 1 aliphatic rings. The first-order valence-electron chi connectivity index (χ1n) is 11.5. The van der Waals surface area contributed by atoms with Crippen LogP contribution in [0, 0.1) is 11.7 Å². The van der Waals surface area contributed by atoms with Crippen LogP contribution in [0.15, 0.2) is 71.8 Å². The van der Waals surface area contributed by atoms with Gasteiger partial charge in [0.15, 0.2) is 5.78 Å². The van der Waals surface area contributed by atoms with Gasteiger partial charge in [-0.05, 0) is 68.3 Å². The minimum atomic E-state index is -3.95. The van der Waals surface area contributed by atoms with Gasteiger partial charge in [-0.15, -0.1) is 0 Å². The molecule has 4 rings (SSSR count). The third-order valence-corrected chi connectivity index (χ3v) is 8.16. The van der Waals surface area contributed by atoms with Crippen LogP contribution in [0.1, 0.15) is 30.1 Å². The van der Waals surface area contributed by atoms with Gasteiger partial charge in [-0.2, -0.15) is 0 Å². The lowest BCUT2D eigenvalue weighted by Gasteiger charge is -2.34. The average molecular weight is 498 g/mol. The predicted molar refractivity (Wildman–Crippen MR) is 133 cm³/mol. The van der Waals surface area contributed by atoms with Gasteiger partial charge in [0, 0.05) is 37.3 Å². The van der Waals surface area contributed by atoms with E-state index in [1.807, 2.05) is 4.90 Å². The number of sulfonamides is 1. The van der Waals surface area contributed by atoms with Gasteiger partial charge in [-0.1, -0.05) is 12.1 Å². The molecule has 0 spiro atoms. The van der Waals surface area contributed by atoms with Crippen LogP contribution in [-0.2, 0) is 10.0 Å². The van der Waals surface area contributed by atoms with Crippen LogP contribution in [0.4, 0.5) is 15.9 Å². The molecule has 0 aliphatic carbocycles. The van der Waals surface area contributed by atoms with Crippen molar-refractivity contribution in [2.24, 2.45) is 5.92 Å². The summed E-state index contributed by atoms with van der Waals surface area (Å²) in [5.74, 6) is 0.222. The van der Waals surface area contributed by atoms with E-state index in [4.69, 9.17) is 4.74 Å². The predicted octanol–water partition coefficient (Wildman–Crippen LogP) is 4.54. The number of pyridine rings is 1. The first-order chi connectivity index (χ1) is 16.9. The molecule has 0 unspecified atom stereocenters. The Hall–Kier alpha value is -3.46. The van der Waals surface area contributed by atoms with Crippen LogP contribution in [0.3, 0.4) is 0 Å². The molecular formula is C26H28FN3O4S. The molecule has 7 nitrogen and oxygen atoms in total. The summed E-state index contributed by atoms with van der Waals surface area (Å²) in [5, 5.41) is 0. The number of Topliss-reactive ketones (excluding diaryl/α,β-unsaturated/α-hetero) is 1. The molecule has 2 heterocycles. The lowest BCUT2D eigenvalue weighted by Crippen LogP contribution is -2.39. The maximum Gasteiger partial charge on any atom is 0.268 e. The number of piperidine rings is 1. The molecule has 1 aromatic heterocycles. The molecule has 0 amide bonds. The Bertz CT molecular complexity index is 1290. The molecule has 1 aliphatic heterocycles. The molecular weight excluding hydrogens is 469 g/mol. The number of methoxy groups -OCH3 is 1. The fraction of sp³-hybridized carbons (Fsp3) is 0.308. The number of carbonyl (C=O) groups excluding carboxylic acids is 1. The number of ether oxygens (including phenoxy) is 1. The Balaban J connectivity index is 1.58. The first-order valence-corrected chi connectivity index (χ1v) is 13.0. The highest BCUT2D eigenvalue weighted by molar-refractivity contribution is 7.93. The Morgan fingerprint density at radius 1 is 1.09 bits per heavy atom. The third kappa shape index (κ3) is 5.00. The number of halogens is 1. The van der Waals surface area contributed by atoms with Crippen LogP contribution >= 0.6 is 0 Å². The molecule has 35 heavy (non-hydrogen) atoms. The Labute approximate surface area is 205 Å². The van der Waals surface area contributed by atoms with Gasteiger partial charge in [0.1, 0.15) is 22.3 Å². The fourth-order valence-corrected chi connectivity index (χ4v) is 6.10. The summed E-state index contributed by atoms with van der Waals surface area (Å²) in [5.41, 5.74) is 0.942. The highest BCUT2D eigenvalue weighted by atomic mass is 32.2. The van der Waals surface area contributed by atoms with Crippen molar-refractivity contribution in [3.8, 4) is 5.75 Å². The fourth-order valence-electron chi connectivity index (χ4n) is 4.45. The van der Waals surface area contributed by atoms with Gasteiger partial charge >= 0.3 is 0 Å². The maximum atomic E-state index is 13.8. The van der Waals surface area contributed by atoms with Crippen molar-refractivity contribution in [2.75, 3.05) is 35.9 Å². The quantitative estimate of drug-likeness (QED) is 0.425. The van der Waals surface area contributed by atoms with E-state index >= 15 is 0 Å². The molecule has 0 atom stereocenters. The lowest BCUT2D eigenvalue weighted by atomic mass is 9.89. The number of ketones is 1. The molecule has 184 valence electrons. The molecule has 3 aromatic rings. The van der Waals surface area contributed by atoms with Crippen LogP contribution in [0.2, 0.25) is 0 Å². The van der Waals surface area contributed by atoms with Crippen LogP contribution in [-0.4, -0.2) is 45.9 Å². The molecule has 9 heteroatoms. The summed E-state index contributed by atoms with van der Waals surface area (Å²) in [7, 11) is -2.44. The number of hydrogen-bond donors (Lipinski definition) is 0. The van der Waals surface area contributed by atoms with Crippen molar-refractivity contribution in [3.05, 3.63) is 78.2 Å². The third-order valence-electron chi connectivity index (χ3n) is 6.25. The van der Waals surface area contributed by atoms with E-state index in [2.05, 4.69) is 4.98 Å². The second-order valence-corrected chi connectivity index (χ2v) is 10.1. The monoisotopic (exact) mass is 497 g/mol. The van der Waals surface area contributed by atoms with E-state index in [1.165, 1.54) is 35.7 Å². The summed E-state index contributed by atoms with van der Waals surface area (Å²) in [6.45, 7) is 2.95. The summed E-state index contributed by atoms with van der Waals surface area (Å²) in [6.07, 6.45) is 2.68.